The summed E-state index contributed by atoms with van der Waals surface area (Å²) in [5.41, 5.74) is 3.05. The van der Waals surface area contributed by atoms with Gasteiger partial charge in [0.05, 0.1) is 22.4 Å². The van der Waals surface area contributed by atoms with Crippen LogP contribution in [0.2, 0.25) is 10.0 Å². The first-order valence-corrected chi connectivity index (χ1v) is 10.8. The molecule has 7 heteroatoms. The van der Waals surface area contributed by atoms with Crippen molar-refractivity contribution in [3.63, 3.8) is 0 Å². The van der Waals surface area contributed by atoms with Crippen LogP contribution in [0.1, 0.15) is 30.4 Å². The highest BCUT2D eigenvalue weighted by molar-refractivity contribution is 8.14. The molecule has 4 nitrogen and oxygen atoms in total. The number of rotatable bonds is 3. The molecule has 4 heterocycles. The van der Waals surface area contributed by atoms with Crippen molar-refractivity contribution in [2.45, 2.75) is 24.3 Å². The number of aliphatic imine (C=N–C) groups is 1. The summed E-state index contributed by atoms with van der Waals surface area (Å²) in [5.74, 6) is 0. The van der Waals surface area contributed by atoms with E-state index in [9.17, 15) is 0 Å². The molecule has 1 fully saturated rings. The molecule has 2 aromatic heterocycles. The summed E-state index contributed by atoms with van der Waals surface area (Å²) in [6.45, 7) is 3.21. The number of fused-ring (bicyclic) bond motifs is 1. The van der Waals surface area contributed by atoms with Gasteiger partial charge in [0.25, 0.3) is 0 Å². The minimum atomic E-state index is -0.0454. The second-order valence-corrected chi connectivity index (χ2v) is 9.28. The maximum atomic E-state index is 6.52. The van der Waals surface area contributed by atoms with Crippen molar-refractivity contribution < 1.29 is 0 Å². The molecular formula is C21H18Cl2N4S. The molecular weight excluding hydrogens is 411 g/mol. The fourth-order valence-electron chi connectivity index (χ4n) is 3.97. The monoisotopic (exact) mass is 428 g/mol. The summed E-state index contributed by atoms with van der Waals surface area (Å²) >= 11 is 14.5. The highest BCUT2D eigenvalue weighted by Gasteiger charge is 2.44. The summed E-state index contributed by atoms with van der Waals surface area (Å²) in [6.07, 6.45) is 3.88. The van der Waals surface area contributed by atoms with E-state index in [1.54, 1.807) is 6.07 Å². The van der Waals surface area contributed by atoms with Crippen LogP contribution in [0.5, 0.6) is 0 Å². The maximum Gasteiger partial charge on any atom is 0.160 e. The van der Waals surface area contributed by atoms with Gasteiger partial charge < -0.3 is 9.47 Å². The number of benzene rings is 1. The van der Waals surface area contributed by atoms with Crippen molar-refractivity contribution in [3.05, 3.63) is 82.4 Å². The second kappa shape index (κ2) is 7.14. The first kappa shape index (κ1) is 18.1. The fraction of sp³-hybridized carbons (Fsp3) is 0.238. The third kappa shape index (κ3) is 3.02. The molecule has 142 valence electrons. The van der Waals surface area contributed by atoms with Crippen LogP contribution in [0.3, 0.4) is 0 Å². The Morgan fingerprint density at radius 3 is 2.79 bits per heavy atom. The van der Waals surface area contributed by atoms with Crippen LogP contribution in [0, 0.1) is 0 Å². The number of halogens is 2. The lowest BCUT2D eigenvalue weighted by Gasteiger charge is -2.28. The topological polar surface area (TPSA) is 33.4 Å². The zero-order valence-electron chi connectivity index (χ0n) is 15.2. The lowest BCUT2D eigenvalue weighted by atomic mass is 10.0. The van der Waals surface area contributed by atoms with Gasteiger partial charge >= 0.3 is 0 Å². The number of hydrogen-bond acceptors (Lipinski definition) is 4. The van der Waals surface area contributed by atoms with Crippen molar-refractivity contribution in [2.75, 3.05) is 6.54 Å². The molecule has 1 saturated heterocycles. The Bertz CT molecular complexity index is 1050. The van der Waals surface area contributed by atoms with Gasteiger partial charge in [-0.2, -0.15) is 0 Å². The number of nitrogens with zero attached hydrogens (tertiary/aromatic N) is 4. The first-order chi connectivity index (χ1) is 13.6. The Kier molecular flexibility index (Phi) is 4.62. The quantitative estimate of drug-likeness (QED) is 0.530. The second-order valence-electron chi connectivity index (χ2n) is 7.04. The van der Waals surface area contributed by atoms with Gasteiger partial charge in [0.2, 0.25) is 0 Å². The van der Waals surface area contributed by atoms with Gasteiger partial charge in [0.15, 0.2) is 5.17 Å². The summed E-state index contributed by atoms with van der Waals surface area (Å²) < 4.78 is 2.14. The molecule has 0 bridgehead atoms. The van der Waals surface area contributed by atoms with E-state index in [2.05, 4.69) is 39.6 Å². The van der Waals surface area contributed by atoms with Crippen molar-refractivity contribution in [2.24, 2.45) is 4.99 Å². The molecule has 0 N–H and O–H groups in total. The predicted molar refractivity (Wildman–Crippen MR) is 117 cm³/mol. The van der Waals surface area contributed by atoms with Crippen LogP contribution in [-0.2, 0) is 0 Å². The van der Waals surface area contributed by atoms with E-state index in [0.29, 0.717) is 15.3 Å². The largest absolute Gasteiger partial charge is 0.339 e. The van der Waals surface area contributed by atoms with Gasteiger partial charge in [-0.1, -0.05) is 48.0 Å². The van der Waals surface area contributed by atoms with Gasteiger partial charge in [-0.3, -0.25) is 9.98 Å². The molecule has 0 saturated carbocycles. The average molecular weight is 429 g/mol. The predicted octanol–water partition coefficient (Wildman–Crippen LogP) is 5.77. The SMILES string of the molecule is CC1CN2C(=NC(c3ccccn3)C2c2cccn2-c2ccc(Cl)cc2Cl)S1. The van der Waals surface area contributed by atoms with Gasteiger partial charge in [-0.05, 0) is 42.5 Å². The van der Waals surface area contributed by atoms with E-state index < -0.39 is 0 Å². The first-order valence-electron chi connectivity index (χ1n) is 9.16. The smallest absolute Gasteiger partial charge is 0.160 e. The fourth-order valence-corrected chi connectivity index (χ4v) is 5.56. The van der Waals surface area contributed by atoms with Crippen LogP contribution in [0.4, 0.5) is 0 Å². The van der Waals surface area contributed by atoms with Crippen molar-refractivity contribution in [1.29, 1.82) is 0 Å². The molecule has 28 heavy (non-hydrogen) atoms. The van der Waals surface area contributed by atoms with Gasteiger partial charge in [0, 0.05) is 34.9 Å². The van der Waals surface area contributed by atoms with Crippen molar-refractivity contribution in [1.82, 2.24) is 14.5 Å². The molecule has 0 amide bonds. The summed E-state index contributed by atoms with van der Waals surface area (Å²) in [4.78, 5) is 12.1. The molecule has 3 unspecified atom stereocenters. The minimum absolute atomic E-state index is 0.0454. The van der Waals surface area contributed by atoms with Crippen molar-refractivity contribution >= 4 is 40.1 Å². The molecule has 3 aromatic rings. The Hall–Kier alpha value is -1.95. The average Bonchev–Trinajstić information content (AvgIpc) is 3.36. The third-order valence-corrected chi connectivity index (χ3v) is 6.77. The number of amidine groups is 1. The maximum absolute atomic E-state index is 6.52. The van der Waals surface area contributed by atoms with Gasteiger partial charge in [-0.15, -0.1) is 0 Å². The number of hydrogen-bond donors (Lipinski definition) is 0. The lowest BCUT2D eigenvalue weighted by molar-refractivity contribution is 0.312. The zero-order valence-corrected chi connectivity index (χ0v) is 17.5. The minimum Gasteiger partial charge on any atom is -0.339 e. The highest BCUT2D eigenvalue weighted by Crippen LogP contribution is 2.48. The van der Waals surface area contributed by atoms with Gasteiger partial charge in [-0.25, -0.2) is 0 Å². The van der Waals surface area contributed by atoms with Gasteiger partial charge in [0.1, 0.15) is 6.04 Å². The Morgan fingerprint density at radius 1 is 1.11 bits per heavy atom. The molecule has 5 rings (SSSR count). The number of aromatic nitrogens is 2. The molecule has 0 radical (unpaired) electrons. The Morgan fingerprint density at radius 2 is 2.00 bits per heavy atom. The zero-order chi connectivity index (χ0) is 19.3. The molecule has 1 aromatic carbocycles. The number of thioether (sulfide) groups is 1. The summed E-state index contributed by atoms with van der Waals surface area (Å²) in [6, 6.07) is 15.9. The van der Waals surface area contributed by atoms with Crippen LogP contribution >= 0.6 is 35.0 Å². The standard InChI is InChI=1S/C21H18Cl2N4S/c1-13-12-27-20(19(25-21(27)28-13)16-5-2-3-9-24-16)18-6-4-10-26(18)17-8-7-14(22)11-15(17)23/h2-11,13,19-20H,12H2,1H3. The summed E-state index contributed by atoms with van der Waals surface area (Å²) in [7, 11) is 0. The van der Waals surface area contributed by atoms with E-state index in [1.807, 2.05) is 48.4 Å². The normalized spacial score (nSPS) is 23.8. The highest BCUT2D eigenvalue weighted by atomic mass is 35.5. The summed E-state index contributed by atoms with van der Waals surface area (Å²) in [5, 5.41) is 2.88. The van der Waals surface area contributed by atoms with E-state index in [0.717, 1.165) is 28.8 Å². The Balaban J connectivity index is 1.62. The van der Waals surface area contributed by atoms with E-state index in [1.165, 1.54) is 0 Å². The molecule has 0 aliphatic carbocycles. The molecule has 2 aliphatic rings. The van der Waals surface area contributed by atoms with E-state index >= 15 is 0 Å². The van der Waals surface area contributed by atoms with Crippen LogP contribution < -0.4 is 0 Å². The Labute approximate surface area is 178 Å². The van der Waals surface area contributed by atoms with E-state index in [-0.39, 0.29) is 12.1 Å². The molecule has 0 spiro atoms. The lowest BCUT2D eigenvalue weighted by Crippen LogP contribution is -2.30. The number of pyridine rings is 1. The molecule has 2 aliphatic heterocycles. The van der Waals surface area contributed by atoms with Crippen LogP contribution in [0.15, 0.2) is 65.9 Å². The third-order valence-electron chi connectivity index (χ3n) is 5.13. The molecule has 3 atom stereocenters. The van der Waals surface area contributed by atoms with Crippen molar-refractivity contribution in [3.8, 4) is 5.69 Å². The van der Waals surface area contributed by atoms with Crippen LogP contribution in [-0.4, -0.2) is 31.4 Å². The van der Waals surface area contributed by atoms with Crippen LogP contribution in [0.25, 0.3) is 5.69 Å². The van der Waals surface area contributed by atoms with E-state index in [4.69, 9.17) is 28.2 Å².